The Hall–Kier alpha value is -1.62. The Morgan fingerprint density at radius 2 is 2.00 bits per heavy atom. The van der Waals surface area contributed by atoms with Crippen molar-refractivity contribution < 1.29 is 4.39 Å². The van der Waals surface area contributed by atoms with Crippen molar-refractivity contribution >= 4 is 17.3 Å². The predicted octanol–water partition coefficient (Wildman–Crippen LogP) is 3.29. The van der Waals surface area contributed by atoms with Gasteiger partial charge in [0.05, 0.1) is 6.04 Å². The molecule has 0 spiro atoms. The van der Waals surface area contributed by atoms with Gasteiger partial charge in [-0.3, -0.25) is 11.3 Å². The lowest BCUT2D eigenvalue weighted by molar-refractivity contribution is 0.548. The van der Waals surface area contributed by atoms with Crippen molar-refractivity contribution in [3.05, 3.63) is 64.4 Å². The standard InChI is InChI=1S/C16H19ClFN3/c1-21(2)14-5-3-4-11(9-14)16(20-19)10-12-8-13(18)6-7-15(12)17/h3-9,16,20H,10,19H2,1-2H3. The lowest BCUT2D eigenvalue weighted by Crippen LogP contribution is -2.29. The van der Waals surface area contributed by atoms with Gasteiger partial charge in [0.15, 0.2) is 0 Å². The molecule has 0 bridgehead atoms. The van der Waals surface area contributed by atoms with Crippen LogP contribution in [0.15, 0.2) is 42.5 Å². The largest absolute Gasteiger partial charge is 0.378 e. The molecule has 21 heavy (non-hydrogen) atoms. The number of hydrazine groups is 1. The van der Waals surface area contributed by atoms with E-state index in [0.717, 1.165) is 16.8 Å². The Kier molecular flexibility index (Phi) is 5.17. The van der Waals surface area contributed by atoms with Crippen molar-refractivity contribution in [1.82, 2.24) is 5.43 Å². The fourth-order valence-corrected chi connectivity index (χ4v) is 2.41. The van der Waals surface area contributed by atoms with Gasteiger partial charge in [-0.2, -0.15) is 0 Å². The highest BCUT2D eigenvalue weighted by atomic mass is 35.5. The average Bonchev–Trinajstić information content (AvgIpc) is 2.48. The van der Waals surface area contributed by atoms with E-state index in [2.05, 4.69) is 11.5 Å². The first-order chi connectivity index (χ1) is 10.0. The third kappa shape index (κ3) is 3.94. The van der Waals surface area contributed by atoms with Gasteiger partial charge in [-0.25, -0.2) is 4.39 Å². The Morgan fingerprint density at radius 1 is 1.24 bits per heavy atom. The number of nitrogens with two attached hydrogens (primary N) is 1. The number of nitrogens with one attached hydrogen (secondary N) is 1. The van der Waals surface area contributed by atoms with E-state index in [1.54, 1.807) is 6.07 Å². The minimum atomic E-state index is -0.299. The normalized spacial score (nSPS) is 12.2. The Labute approximate surface area is 129 Å². The number of hydrogen-bond acceptors (Lipinski definition) is 3. The van der Waals surface area contributed by atoms with Crippen LogP contribution >= 0.6 is 11.6 Å². The van der Waals surface area contributed by atoms with Crippen LogP contribution in [0.3, 0.4) is 0 Å². The van der Waals surface area contributed by atoms with Crippen LogP contribution in [0.5, 0.6) is 0 Å². The van der Waals surface area contributed by atoms with Crippen molar-refractivity contribution in [3.8, 4) is 0 Å². The SMILES string of the molecule is CN(C)c1cccc(C(Cc2cc(F)ccc2Cl)NN)c1. The molecular formula is C16H19ClFN3. The van der Waals surface area contributed by atoms with Gasteiger partial charge in [-0.15, -0.1) is 0 Å². The zero-order valence-electron chi connectivity index (χ0n) is 12.1. The first-order valence-corrected chi connectivity index (χ1v) is 7.06. The molecule has 2 aromatic carbocycles. The van der Waals surface area contributed by atoms with Crippen LogP contribution in [0, 0.1) is 5.82 Å². The molecule has 0 saturated carbocycles. The minimum absolute atomic E-state index is 0.135. The van der Waals surface area contributed by atoms with Crippen molar-refractivity contribution in [3.63, 3.8) is 0 Å². The zero-order valence-corrected chi connectivity index (χ0v) is 12.9. The molecule has 0 aromatic heterocycles. The van der Waals surface area contributed by atoms with E-state index in [0.29, 0.717) is 11.4 Å². The molecule has 2 rings (SSSR count). The smallest absolute Gasteiger partial charge is 0.123 e. The maximum Gasteiger partial charge on any atom is 0.123 e. The van der Waals surface area contributed by atoms with Gasteiger partial charge in [0, 0.05) is 24.8 Å². The molecule has 0 saturated heterocycles. The topological polar surface area (TPSA) is 41.3 Å². The van der Waals surface area contributed by atoms with Crippen molar-refractivity contribution in [2.45, 2.75) is 12.5 Å². The molecule has 5 heteroatoms. The summed E-state index contributed by atoms with van der Waals surface area (Å²) in [7, 11) is 3.96. The summed E-state index contributed by atoms with van der Waals surface area (Å²) in [6.45, 7) is 0. The minimum Gasteiger partial charge on any atom is -0.378 e. The third-order valence-corrected chi connectivity index (χ3v) is 3.79. The van der Waals surface area contributed by atoms with E-state index < -0.39 is 0 Å². The summed E-state index contributed by atoms with van der Waals surface area (Å²) in [6, 6.07) is 12.3. The highest BCUT2D eigenvalue weighted by Crippen LogP contribution is 2.26. The number of hydrogen-bond donors (Lipinski definition) is 2. The van der Waals surface area contributed by atoms with Gasteiger partial charge >= 0.3 is 0 Å². The number of halogens is 2. The Morgan fingerprint density at radius 3 is 2.67 bits per heavy atom. The first kappa shape index (κ1) is 15.8. The van der Waals surface area contributed by atoms with Crippen LogP contribution in [0.2, 0.25) is 5.02 Å². The highest BCUT2D eigenvalue weighted by Gasteiger charge is 2.14. The van der Waals surface area contributed by atoms with Crippen molar-refractivity contribution in [2.24, 2.45) is 5.84 Å². The quantitative estimate of drug-likeness (QED) is 0.658. The Balaban J connectivity index is 2.27. The van der Waals surface area contributed by atoms with Gasteiger partial charge in [-0.05, 0) is 47.9 Å². The summed E-state index contributed by atoms with van der Waals surface area (Å²) >= 11 is 6.12. The van der Waals surface area contributed by atoms with E-state index in [1.807, 2.05) is 37.2 Å². The van der Waals surface area contributed by atoms with Gasteiger partial charge in [0.2, 0.25) is 0 Å². The predicted molar refractivity (Wildman–Crippen MR) is 85.9 cm³/mol. The van der Waals surface area contributed by atoms with Gasteiger partial charge < -0.3 is 4.90 Å². The molecule has 0 aliphatic carbocycles. The fraction of sp³-hybridized carbons (Fsp3) is 0.250. The molecule has 112 valence electrons. The van der Waals surface area contributed by atoms with E-state index in [-0.39, 0.29) is 11.9 Å². The summed E-state index contributed by atoms with van der Waals surface area (Å²) in [5, 5.41) is 0.542. The van der Waals surface area contributed by atoms with E-state index in [1.165, 1.54) is 12.1 Å². The second-order valence-corrected chi connectivity index (χ2v) is 5.56. The molecule has 0 radical (unpaired) electrons. The summed E-state index contributed by atoms with van der Waals surface area (Å²) in [4.78, 5) is 2.02. The average molecular weight is 308 g/mol. The molecule has 3 nitrogen and oxygen atoms in total. The second kappa shape index (κ2) is 6.89. The van der Waals surface area contributed by atoms with Gasteiger partial charge in [-0.1, -0.05) is 23.7 Å². The lowest BCUT2D eigenvalue weighted by atomic mass is 9.98. The van der Waals surface area contributed by atoms with Crippen LogP contribution < -0.4 is 16.2 Å². The molecule has 1 atom stereocenters. The molecule has 3 N–H and O–H groups in total. The summed E-state index contributed by atoms with van der Waals surface area (Å²) < 4.78 is 13.4. The summed E-state index contributed by atoms with van der Waals surface area (Å²) in [5.74, 6) is 5.37. The molecule has 0 heterocycles. The zero-order chi connectivity index (χ0) is 15.4. The van der Waals surface area contributed by atoms with E-state index in [4.69, 9.17) is 17.4 Å². The maximum atomic E-state index is 13.4. The lowest BCUT2D eigenvalue weighted by Gasteiger charge is -2.20. The number of benzene rings is 2. The van der Waals surface area contributed by atoms with Crippen LogP contribution in [0.4, 0.5) is 10.1 Å². The highest BCUT2D eigenvalue weighted by molar-refractivity contribution is 6.31. The third-order valence-electron chi connectivity index (χ3n) is 3.42. The molecule has 0 fully saturated rings. The monoisotopic (exact) mass is 307 g/mol. The van der Waals surface area contributed by atoms with Gasteiger partial charge in [0.25, 0.3) is 0 Å². The second-order valence-electron chi connectivity index (χ2n) is 5.15. The molecule has 1 unspecified atom stereocenters. The van der Waals surface area contributed by atoms with Crippen LogP contribution in [-0.2, 0) is 6.42 Å². The fourth-order valence-electron chi connectivity index (χ4n) is 2.21. The van der Waals surface area contributed by atoms with E-state index >= 15 is 0 Å². The first-order valence-electron chi connectivity index (χ1n) is 6.68. The van der Waals surface area contributed by atoms with Crippen molar-refractivity contribution in [1.29, 1.82) is 0 Å². The molecular weight excluding hydrogens is 289 g/mol. The van der Waals surface area contributed by atoms with Gasteiger partial charge in [0.1, 0.15) is 5.82 Å². The molecule has 0 aliphatic rings. The van der Waals surface area contributed by atoms with E-state index in [9.17, 15) is 4.39 Å². The van der Waals surface area contributed by atoms with Crippen LogP contribution in [0.25, 0.3) is 0 Å². The molecule has 2 aromatic rings. The van der Waals surface area contributed by atoms with Crippen molar-refractivity contribution in [2.75, 3.05) is 19.0 Å². The Bertz CT molecular complexity index is 616. The maximum absolute atomic E-state index is 13.4. The summed E-state index contributed by atoms with van der Waals surface area (Å²) in [5.41, 5.74) is 5.62. The molecule has 0 amide bonds. The number of nitrogens with zero attached hydrogens (tertiary/aromatic N) is 1. The molecule has 0 aliphatic heterocycles. The number of rotatable bonds is 5. The number of anilines is 1. The van der Waals surface area contributed by atoms with Crippen LogP contribution in [0.1, 0.15) is 17.2 Å². The summed E-state index contributed by atoms with van der Waals surface area (Å²) in [6.07, 6.45) is 0.518. The van der Waals surface area contributed by atoms with Crippen LogP contribution in [-0.4, -0.2) is 14.1 Å².